The van der Waals surface area contributed by atoms with Gasteiger partial charge in [0.15, 0.2) is 0 Å². The molecule has 0 unspecified atom stereocenters. The first-order valence-corrected chi connectivity index (χ1v) is 6.41. The quantitative estimate of drug-likeness (QED) is 0.577. The van der Waals surface area contributed by atoms with Gasteiger partial charge < -0.3 is 15.1 Å². The van der Waals surface area contributed by atoms with E-state index in [9.17, 15) is 0 Å². The van der Waals surface area contributed by atoms with E-state index in [4.69, 9.17) is 0 Å². The Kier molecular flexibility index (Phi) is 6.22. The molecule has 3 nitrogen and oxygen atoms in total. The molecule has 3 heteroatoms. The van der Waals surface area contributed by atoms with Gasteiger partial charge in [-0.15, -0.1) is 0 Å². The zero-order valence-electron chi connectivity index (χ0n) is 10.6. The average Bonchev–Trinajstić information content (AvgIpc) is 3.06. The second-order valence-electron chi connectivity index (χ2n) is 4.49. The van der Waals surface area contributed by atoms with Crippen LogP contribution in [0.2, 0.25) is 0 Å². The molecule has 1 aliphatic carbocycles. The normalized spacial score (nSPS) is 16.6. The van der Waals surface area contributed by atoms with Gasteiger partial charge in [0.25, 0.3) is 0 Å². The fourth-order valence-corrected chi connectivity index (χ4v) is 1.86. The highest BCUT2D eigenvalue weighted by atomic mass is 15.2. The van der Waals surface area contributed by atoms with Crippen molar-refractivity contribution < 1.29 is 0 Å². The van der Waals surface area contributed by atoms with Crippen LogP contribution in [-0.2, 0) is 0 Å². The molecule has 0 bridgehead atoms. The maximum Gasteiger partial charge on any atom is 0.0107 e. The summed E-state index contributed by atoms with van der Waals surface area (Å²) in [6.45, 7) is 11.4. The number of nitrogens with one attached hydrogen (secondary N) is 1. The maximum atomic E-state index is 3.51. The SMILES string of the molecule is CCN(CC)CCNCCN(C)C1CC1. The van der Waals surface area contributed by atoms with Gasteiger partial charge in [0.1, 0.15) is 0 Å². The molecule has 0 atom stereocenters. The highest BCUT2D eigenvalue weighted by molar-refractivity contribution is 4.82. The van der Waals surface area contributed by atoms with Crippen LogP contribution in [0.1, 0.15) is 26.7 Å². The molecular formula is C12H27N3. The van der Waals surface area contributed by atoms with Gasteiger partial charge in [-0.1, -0.05) is 13.8 Å². The molecule has 0 amide bonds. The first-order chi connectivity index (χ1) is 7.27. The Morgan fingerprint density at radius 3 is 2.20 bits per heavy atom. The van der Waals surface area contributed by atoms with Crippen LogP contribution >= 0.6 is 0 Å². The van der Waals surface area contributed by atoms with Crippen molar-refractivity contribution in [3.05, 3.63) is 0 Å². The Bertz CT molecular complexity index is 149. The minimum Gasteiger partial charge on any atom is -0.314 e. The molecule has 1 N–H and O–H groups in total. The van der Waals surface area contributed by atoms with Gasteiger partial charge in [-0.25, -0.2) is 0 Å². The van der Waals surface area contributed by atoms with Crippen LogP contribution in [0.3, 0.4) is 0 Å². The van der Waals surface area contributed by atoms with E-state index >= 15 is 0 Å². The van der Waals surface area contributed by atoms with E-state index in [-0.39, 0.29) is 0 Å². The monoisotopic (exact) mass is 213 g/mol. The topological polar surface area (TPSA) is 18.5 Å². The Labute approximate surface area is 94.8 Å². The summed E-state index contributed by atoms with van der Waals surface area (Å²) in [7, 11) is 2.24. The molecule has 0 aromatic rings. The number of hydrogen-bond donors (Lipinski definition) is 1. The van der Waals surface area contributed by atoms with Crippen molar-refractivity contribution in [1.29, 1.82) is 0 Å². The molecule has 90 valence electrons. The summed E-state index contributed by atoms with van der Waals surface area (Å²) in [5, 5.41) is 3.51. The maximum absolute atomic E-state index is 3.51. The number of likely N-dealkylation sites (N-methyl/N-ethyl adjacent to an activating group) is 2. The van der Waals surface area contributed by atoms with Crippen molar-refractivity contribution in [3.8, 4) is 0 Å². The minimum absolute atomic E-state index is 0.898. The van der Waals surface area contributed by atoms with Crippen molar-refractivity contribution in [3.63, 3.8) is 0 Å². The Morgan fingerprint density at radius 2 is 1.67 bits per heavy atom. The lowest BCUT2D eigenvalue weighted by Gasteiger charge is -2.19. The standard InChI is InChI=1S/C12H27N3/c1-4-15(5-2)11-9-13-8-10-14(3)12-6-7-12/h12-13H,4-11H2,1-3H3. The minimum atomic E-state index is 0.898. The van der Waals surface area contributed by atoms with Crippen LogP contribution < -0.4 is 5.32 Å². The van der Waals surface area contributed by atoms with Gasteiger partial charge in [0.05, 0.1) is 0 Å². The van der Waals surface area contributed by atoms with Gasteiger partial charge in [-0.3, -0.25) is 0 Å². The van der Waals surface area contributed by atoms with E-state index in [2.05, 4.69) is 36.0 Å². The Balaban J connectivity index is 1.87. The number of nitrogens with zero attached hydrogens (tertiary/aromatic N) is 2. The summed E-state index contributed by atoms with van der Waals surface area (Å²) in [6.07, 6.45) is 2.83. The molecule has 1 aliphatic rings. The fourth-order valence-electron chi connectivity index (χ4n) is 1.86. The van der Waals surface area contributed by atoms with Crippen LogP contribution in [0.15, 0.2) is 0 Å². The molecule has 1 fully saturated rings. The summed E-state index contributed by atoms with van der Waals surface area (Å²) in [5.74, 6) is 0. The van der Waals surface area contributed by atoms with Crippen LogP contribution in [-0.4, -0.2) is 62.2 Å². The molecule has 1 saturated carbocycles. The Morgan fingerprint density at radius 1 is 1.07 bits per heavy atom. The molecule has 0 aliphatic heterocycles. The third-order valence-corrected chi connectivity index (χ3v) is 3.31. The molecule has 0 aromatic carbocycles. The van der Waals surface area contributed by atoms with Crippen LogP contribution in [0.4, 0.5) is 0 Å². The molecule has 0 aromatic heterocycles. The lowest BCUT2D eigenvalue weighted by Crippen LogP contribution is -2.36. The molecule has 1 rings (SSSR count). The number of rotatable bonds is 9. The van der Waals surface area contributed by atoms with Crippen molar-refractivity contribution in [2.24, 2.45) is 0 Å². The first-order valence-electron chi connectivity index (χ1n) is 6.41. The van der Waals surface area contributed by atoms with Crippen molar-refractivity contribution in [2.75, 3.05) is 46.3 Å². The van der Waals surface area contributed by atoms with E-state index in [0.717, 1.165) is 19.1 Å². The van der Waals surface area contributed by atoms with Crippen LogP contribution in [0, 0.1) is 0 Å². The van der Waals surface area contributed by atoms with E-state index in [1.807, 2.05) is 0 Å². The highest BCUT2D eigenvalue weighted by Gasteiger charge is 2.25. The lowest BCUT2D eigenvalue weighted by molar-refractivity contribution is 0.290. The summed E-state index contributed by atoms with van der Waals surface area (Å²) >= 11 is 0. The zero-order chi connectivity index (χ0) is 11.1. The summed E-state index contributed by atoms with van der Waals surface area (Å²) in [6, 6.07) is 0.898. The lowest BCUT2D eigenvalue weighted by atomic mass is 10.4. The zero-order valence-corrected chi connectivity index (χ0v) is 10.6. The smallest absolute Gasteiger partial charge is 0.0107 e. The molecular weight excluding hydrogens is 186 g/mol. The fraction of sp³-hybridized carbons (Fsp3) is 1.00. The number of hydrogen-bond acceptors (Lipinski definition) is 3. The predicted octanol–water partition coefficient (Wildman–Crippen LogP) is 1.01. The summed E-state index contributed by atoms with van der Waals surface area (Å²) in [5.41, 5.74) is 0. The van der Waals surface area contributed by atoms with Gasteiger partial charge >= 0.3 is 0 Å². The molecule has 0 spiro atoms. The third-order valence-electron chi connectivity index (χ3n) is 3.31. The third kappa shape index (κ3) is 5.50. The first kappa shape index (κ1) is 12.9. The van der Waals surface area contributed by atoms with Gasteiger partial charge in [0, 0.05) is 32.2 Å². The second-order valence-corrected chi connectivity index (χ2v) is 4.49. The van der Waals surface area contributed by atoms with Crippen molar-refractivity contribution in [2.45, 2.75) is 32.7 Å². The molecule has 15 heavy (non-hydrogen) atoms. The van der Waals surface area contributed by atoms with E-state index in [0.29, 0.717) is 0 Å². The molecule has 0 radical (unpaired) electrons. The molecule has 0 saturated heterocycles. The summed E-state index contributed by atoms with van der Waals surface area (Å²) in [4.78, 5) is 4.93. The largest absolute Gasteiger partial charge is 0.314 e. The van der Waals surface area contributed by atoms with Crippen LogP contribution in [0.25, 0.3) is 0 Å². The van der Waals surface area contributed by atoms with E-state index in [1.54, 1.807) is 0 Å². The second kappa shape index (κ2) is 7.20. The Hall–Kier alpha value is -0.120. The van der Waals surface area contributed by atoms with Gasteiger partial charge in [-0.2, -0.15) is 0 Å². The predicted molar refractivity (Wildman–Crippen MR) is 66.3 cm³/mol. The summed E-state index contributed by atoms with van der Waals surface area (Å²) < 4.78 is 0. The van der Waals surface area contributed by atoms with Gasteiger partial charge in [0.2, 0.25) is 0 Å². The van der Waals surface area contributed by atoms with Crippen molar-refractivity contribution >= 4 is 0 Å². The molecule has 0 heterocycles. The van der Waals surface area contributed by atoms with E-state index in [1.165, 1.54) is 39.0 Å². The van der Waals surface area contributed by atoms with Crippen molar-refractivity contribution in [1.82, 2.24) is 15.1 Å². The highest BCUT2D eigenvalue weighted by Crippen LogP contribution is 2.24. The van der Waals surface area contributed by atoms with Crippen LogP contribution in [0.5, 0.6) is 0 Å². The average molecular weight is 213 g/mol. The van der Waals surface area contributed by atoms with E-state index < -0.39 is 0 Å². The van der Waals surface area contributed by atoms with Gasteiger partial charge in [-0.05, 0) is 33.0 Å².